The van der Waals surface area contributed by atoms with E-state index in [2.05, 4.69) is 16.1 Å². The molecule has 2 aliphatic rings. The summed E-state index contributed by atoms with van der Waals surface area (Å²) in [5.74, 6) is -79.2. The number of hydrogen-bond acceptors (Lipinski definition) is 4. The number of carbonyl (C=O) groups excluding carboxylic acids is 2. The van der Waals surface area contributed by atoms with E-state index >= 15 is 0 Å². The molecule has 0 saturated heterocycles. The number of hydrogen-bond donors (Lipinski definition) is 0. The molecule has 2 fully saturated rings. The van der Waals surface area contributed by atoms with Gasteiger partial charge < -0.3 is 9.47 Å². The van der Waals surface area contributed by atoms with Crippen molar-refractivity contribution in [3.8, 4) is 0 Å². The summed E-state index contributed by atoms with van der Waals surface area (Å²) in [6.07, 6.45) is -13.6. The van der Waals surface area contributed by atoms with Crippen molar-refractivity contribution in [3.05, 3.63) is 12.2 Å². The molecule has 0 aromatic rings. The average Bonchev–Trinajstić information content (AvgIpc) is 2.77. The third-order valence-corrected chi connectivity index (χ3v) is 5.69. The fourth-order valence-corrected chi connectivity index (χ4v) is 3.25. The summed E-state index contributed by atoms with van der Waals surface area (Å²) < 4.78 is 275. The van der Waals surface area contributed by atoms with Gasteiger partial charge in [0, 0.05) is 5.57 Å². The minimum absolute atomic E-state index is 2.21. The maximum Gasteiger partial charge on any atom is 0.384 e. The second-order valence-electron chi connectivity index (χ2n) is 8.37. The Morgan fingerprint density at radius 2 is 0.707 bits per heavy atom. The molecule has 0 N–H and O–H groups in total. The highest BCUT2D eigenvalue weighted by Gasteiger charge is 2.98. The van der Waals surface area contributed by atoms with Crippen LogP contribution in [0.2, 0.25) is 0 Å². The molecule has 4 nitrogen and oxygen atoms in total. The Morgan fingerprint density at radius 1 is 0.463 bits per heavy atom. The fourth-order valence-electron chi connectivity index (χ4n) is 3.25. The molecule has 0 amide bonds. The van der Waals surface area contributed by atoms with Crippen LogP contribution in [0.4, 0.5) is 87.8 Å². The summed E-state index contributed by atoms with van der Waals surface area (Å²) in [6, 6.07) is 0. The Hall–Kier alpha value is -2.72. The highest BCUT2D eigenvalue weighted by atomic mass is 19.4. The molecule has 2 aliphatic carbocycles. The zero-order valence-corrected chi connectivity index (χ0v) is 18.3. The van der Waals surface area contributed by atoms with Crippen LogP contribution in [-0.2, 0) is 19.1 Å². The van der Waals surface area contributed by atoms with Crippen molar-refractivity contribution in [2.24, 2.45) is 0 Å². The highest BCUT2D eigenvalue weighted by molar-refractivity contribution is 5.93. The molecule has 24 heteroatoms. The summed E-state index contributed by atoms with van der Waals surface area (Å²) >= 11 is 0. The molecule has 0 bridgehead atoms. The Morgan fingerprint density at radius 3 is 0.976 bits per heavy atom. The molecule has 238 valence electrons. The van der Waals surface area contributed by atoms with E-state index in [1.54, 1.807) is 0 Å². The normalized spacial score (nSPS) is 29.7. The van der Waals surface area contributed by atoms with E-state index in [4.69, 9.17) is 0 Å². The van der Waals surface area contributed by atoms with Crippen LogP contribution in [0.15, 0.2) is 12.2 Å². The van der Waals surface area contributed by atoms with Gasteiger partial charge in [0.15, 0.2) is 0 Å². The van der Waals surface area contributed by atoms with Crippen molar-refractivity contribution in [1.29, 1.82) is 0 Å². The van der Waals surface area contributed by atoms with Crippen LogP contribution in [0, 0.1) is 0 Å². The number of alkyl halides is 20. The Kier molecular flexibility index (Phi) is 7.28. The van der Waals surface area contributed by atoms with Crippen LogP contribution < -0.4 is 0 Å². The Balaban J connectivity index is 2.35. The number of ether oxygens (including phenoxy) is 2. The van der Waals surface area contributed by atoms with Gasteiger partial charge in [-0.1, -0.05) is 6.58 Å². The van der Waals surface area contributed by atoms with Gasteiger partial charge in [0.1, 0.15) is 0 Å². The first-order chi connectivity index (χ1) is 17.7. The molecule has 0 aromatic heterocycles. The van der Waals surface area contributed by atoms with Crippen molar-refractivity contribution >= 4 is 11.9 Å². The standard InChI is InChI=1S/C17H6F20O4/c1-3(5(39)41-7-10(22,23)14(30,31)17(36,37)15(32,33)11(7,24)25)2-4(38)40-6-8(18,19)12(26,27)16(34,35)13(28,29)9(6,20)21/h6-7H,1-2H2. The molecule has 0 heterocycles. The first-order valence-electron chi connectivity index (χ1n) is 9.53. The zero-order valence-electron chi connectivity index (χ0n) is 18.3. The van der Waals surface area contributed by atoms with Gasteiger partial charge in [-0.3, -0.25) is 4.79 Å². The van der Waals surface area contributed by atoms with Crippen molar-refractivity contribution in [2.75, 3.05) is 0 Å². The van der Waals surface area contributed by atoms with Gasteiger partial charge >= 0.3 is 71.2 Å². The third kappa shape index (κ3) is 3.89. The monoisotopic (exact) mass is 654 g/mol. The van der Waals surface area contributed by atoms with Crippen LogP contribution in [0.25, 0.3) is 0 Å². The quantitative estimate of drug-likeness (QED) is 0.203. The van der Waals surface area contributed by atoms with E-state index in [-0.39, 0.29) is 0 Å². The van der Waals surface area contributed by atoms with Gasteiger partial charge in [0.25, 0.3) is 0 Å². The van der Waals surface area contributed by atoms with Crippen LogP contribution in [0.1, 0.15) is 6.42 Å². The second kappa shape index (κ2) is 8.66. The predicted octanol–water partition coefficient (Wildman–Crippen LogP) is 6.14. The van der Waals surface area contributed by atoms with Crippen LogP contribution in [-0.4, -0.2) is 83.4 Å². The van der Waals surface area contributed by atoms with Crippen molar-refractivity contribution < 1.29 is 107 Å². The smallest absolute Gasteiger partial charge is 0.384 e. The van der Waals surface area contributed by atoms with E-state index in [1.807, 2.05) is 0 Å². The summed E-state index contributed by atoms with van der Waals surface area (Å²) in [4.78, 5) is 23.2. The van der Waals surface area contributed by atoms with Gasteiger partial charge in [-0.2, -0.15) is 87.8 Å². The lowest BCUT2D eigenvalue weighted by Crippen LogP contribution is -2.80. The molecule has 0 unspecified atom stereocenters. The Bertz CT molecular complexity index is 1060. The van der Waals surface area contributed by atoms with Crippen LogP contribution in [0.5, 0.6) is 0 Å². The predicted molar refractivity (Wildman–Crippen MR) is 83.0 cm³/mol. The molecular weight excluding hydrogens is 648 g/mol. The SMILES string of the molecule is C=C(CC(=O)OC1C(F)(F)C(F)(F)C(F)(F)C(F)(F)C1(F)F)C(=O)OC1C(F)(F)C(F)(F)C(F)(F)C(F)(F)C1(F)F. The number of esters is 2. The molecule has 0 aromatic carbocycles. The maximum absolute atomic E-state index is 13.7. The number of rotatable bonds is 5. The van der Waals surface area contributed by atoms with Crippen LogP contribution in [0.3, 0.4) is 0 Å². The second-order valence-corrected chi connectivity index (χ2v) is 8.37. The van der Waals surface area contributed by atoms with Gasteiger partial charge in [-0.05, 0) is 0 Å². The molecule has 0 spiro atoms. The lowest BCUT2D eigenvalue weighted by molar-refractivity contribution is -0.469. The summed E-state index contributed by atoms with van der Waals surface area (Å²) in [6.45, 7) is 2.22. The minimum atomic E-state index is -7.52. The zero-order chi connectivity index (χ0) is 33.0. The highest BCUT2D eigenvalue weighted by Crippen LogP contribution is 2.66. The molecular formula is C17H6F20O4. The summed E-state index contributed by atoms with van der Waals surface area (Å²) in [5.41, 5.74) is -2.21. The fraction of sp³-hybridized carbons (Fsp3) is 0.765. The molecule has 41 heavy (non-hydrogen) atoms. The van der Waals surface area contributed by atoms with Gasteiger partial charge in [-0.15, -0.1) is 0 Å². The van der Waals surface area contributed by atoms with Crippen molar-refractivity contribution in [3.63, 3.8) is 0 Å². The first kappa shape index (κ1) is 34.5. The summed E-state index contributed by atoms with van der Waals surface area (Å²) in [7, 11) is 0. The Labute approximate surface area is 210 Å². The molecule has 0 aliphatic heterocycles. The molecule has 0 radical (unpaired) electrons. The lowest BCUT2D eigenvalue weighted by atomic mass is 9.80. The van der Waals surface area contributed by atoms with Gasteiger partial charge in [0.2, 0.25) is 12.2 Å². The van der Waals surface area contributed by atoms with Crippen LogP contribution >= 0.6 is 0 Å². The lowest BCUT2D eigenvalue weighted by Gasteiger charge is -2.48. The van der Waals surface area contributed by atoms with E-state index in [9.17, 15) is 97.4 Å². The van der Waals surface area contributed by atoms with Gasteiger partial charge in [0.05, 0.1) is 6.42 Å². The van der Waals surface area contributed by atoms with E-state index in [1.165, 1.54) is 0 Å². The number of carbonyl (C=O) groups is 2. The van der Waals surface area contributed by atoms with E-state index in [0.29, 0.717) is 0 Å². The molecule has 2 saturated carbocycles. The van der Waals surface area contributed by atoms with Crippen molar-refractivity contribution in [1.82, 2.24) is 0 Å². The summed E-state index contributed by atoms with van der Waals surface area (Å²) in [5, 5.41) is 0. The van der Waals surface area contributed by atoms with E-state index < -0.39 is 95.4 Å². The molecule has 2 rings (SSSR count). The average molecular weight is 654 g/mol. The van der Waals surface area contributed by atoms with Gasteiger partial charge in [-0.25, -0.2) is 4.79 Å². The first-order valence-corrected chi connectivity index (χ1v) is 9.53. The number of halogens is 20. The largest absolute Gasteiger partial charge is 0.449 e. The topological polar surface area (TPSA) is 52.6 Å². The third-order valence-electron chi connectivity index (χ3n) is 5.69. The molecule has 0 atom stereocenters. The maximum atomic E-state index is 13.7. The van der Waals surface area contributed by atoms with E-state index in [0.717, 1.165) is 0 Å². The van der Waals surface area contributed by atoms with Crippen molar-refractivity contribution in [2.45, 2.75) is 77.9 Å². The minimum Gasteiger partial charge on any atom is -0.449 e.